The highest BCUT2D eigenvalue weighted by Gasteiger charge is 2.36. The number of rotatable bonds is 6. The van der Waals surface area contributed by atoms with Gasteiger partial charge in [0.05, 0.1) is 24.7 Å². The molecule has 0 saturated carbocycles. The highest BCUT2D eigenvalue weighted by Crippen LogP contribution is 2.22. The van der Waals surface area contributed by atoms with Crippen molar-refractivity contribution in [3.63, 3.8) is 0 Å². The SMILES string of the molecule is CCN(CCC(=O)OC)C(=O)CN1C(=O)c2ccccc2C1=O. The Hall–Kier alpha value is -2.70. The van der Waals surface area contributed by atoms with Crippen LogP contribution < -0.4 is 0 Å². The predicted octanol–water partition coefficient (Wildman–Crippen LogP) is 0.694. The number of carbonyl (C=O) groups is 4. The van der Waals surface area contributed by atoms with Crippen LogP contribution in [0.15, 0.2) is 24.3 Å². The lowest BCUT2D eigenvalue weighted by molar-refractivity contribution is -0.141. The lowest BCUT2D eigenvalue weighted by Crippen LogP contribution is -2.43. The number of imide groups is 1. The quantitative estimate of drug-likeness (QED) is 0.569. The summed E-state index contributed by atoms with van der Waals surface area (Å²) >= 11 is 0. The van der Waals surface area contributed by atoms with E-state index in [1.807, 2.05) is 0 Å². The van der Waals surface area contributed by atoms with Crippen LogP contribution in [0.2, 0.25) is 0 Å². The number of fused-ring (bicyclic) bond motifs is 1. The Bertz CT molecular complexity index is 621. The average molecular weight is 318 g/mol. The predicted molar refractivity (Wildman–Crippen MR) is 80.7 cm³/mol. The van der Waals surface area contributed by atoms with Crippen LogP contribution in [0.25, 0.3) is 0 Å². The number of benzene rings is 1. The molecule has 0 spiro atoms. The van der Waals surface area contributed by atoms with Gasteiger partial charge in [-0.1, -0.05) is 12.1 Å². The zero-order valence-corrected chi connectivity index (χ0v) is 13.1. The summed E-state index contributed by atoms with van der Waals surface area (Å²) in [6.45, 7) is 1.99. The van der Waals surface area contributed by atoms with Gasteiger partial charge in [-0.3, -0.25) is 24.1 Å². The van der Waals surface area contributed by atoms with E-state index in [2.05, 4.69) is 4.74 Å². The first kappa shape index (κ1) is 16.7. The van der Waals surface area contributed by atoms with E-state index in [4.69, 9.17) is 0 Å². The van der Waals surface area contributed by atoms with Gasteiger partial charge in [-0.2, -0.15) is 0 Å². The molecule has 7 nitrogen and oxygen atoms in total. The van der Waals surface area contributed by atoms with E-state index in [0.717, 1.165) is 4.90 Å². The second kappa shape index (κ2) is 7.04. The minimum Gasteiger partial charge on any atom is -0.469 e. The largest absolute Gasteiger partial charge is 0.469 e. The van der Waals surface area contributed by atoms with Gasteiger partial charge < -0.3 is 9.64 Å². The van der Waals surface area contributed by atoms with Gasteiger partial charge in [0.2, 0.25) is 5.91 Å². The van der Waals surface area contributed by atoms with Gasteiger partial charge >= 0.3 is 5.97 Å². The monoisotopic (exact) mass is 318 g/mol. The average Bonchev–Trinajstić information content (AvgIpc) is 2.80. The summed E-state index contributed by atoms with van der Waals surface area (Å²) in [7, 11) is 1.28. The van der Waals surface area contributed by atoms with Gasteiger partial charge in [-0.15, -0.1) is 0 Å². The fourth-order valence-corrected chi connectivity index (χ4v) is 2.41. The molecular weight excluding hydrogens is 300 g/mol. The molecule has 23 heavy (non-hydrogen) atoms. The lowest BCUT2D eigenvalue weighted by atomic mass is 10.1. The number of methoxy groups -OCH3 is 1. The summed E-state index contributed by atoms with van der Waals surface area (Å²) in [5.41, 5.74) is 0.616. The number of carbonyl (C=O) groups excluding carboxylic acids is 4. The molecule has 2 rings (SSSR count). The highest BCUT2D eigenvalue weighted by molar-refractivity contribution is 6.22. The maximum Gasteiger partial charge on any atom is 0.307 e. The van der Waals surface area contributed by atoms with Crippen LogP contribution in [0.3, 0.4) is 0 Å². The molecule has 1 aliphatic heterocycles. The van der Waals surface area contributed by atoms with Crippen molar-refractivity contribution in [1.29, 1.82) is 0 Å². The molecule has 0 unspecified atom stereocenters. The van der Waals surface area contributed by atoms with Gasteiger partial charge in [-0.25, -0.2) is 0 Å². The normalized spacial score (nSPS) is 13.0. The Morgan fingerprint density at radius 3 is 2.17 bits per heavy atom. The van der Waals surface area contributed by atoms with Crippen molar-refractivity contribution in [2.24, 2.45) is 0 Å². The number of hydrogen-bond donors (Lipinski definition) is 0. The van der Waals surface area contributed by atoms with E-state index in [1.165, 1.54) is 12.0 Å². The van der Waals surface area contributed by atoms with Crippen molar-refractivity contribution in [3.05, 3.63) is 35.4 Å². The molecule has 0 aliphatic carbocycles. The van der Waals surface area contributed by atoms with E-state index in [0.29, 0.717) is 17.7 Å². The van der Waals surface area contributed by atoms with Crippen molar-refractivity contribution < 1.29 is 23.9 Å². The Balaban J connectivity index is 2.04. The summed E-state index contributed by atoms with van der Waals surface area (Å²) in [5, 5.41) is 0. The smallest absolute Gasteiger partial charge is 0.307 e. The molecule has 0 fully saturated rings. The van der Waals surface area contributed by atoms with E-state index in [-0.39, 0.29) is 25.4 Å². The van der Waals surface area contributed by atoms with Crippen LogP contribution >= 0.6 is 0 Å². The van der Waals surface area contributed by atoms with Crippen LogP contribution in [-0.2, 0) is 14.3 Å². The summed E-state index contributed by atoms with van der Waals surface area (Å²) in [4.78, 5) is 50.3. The van der Waals surface area contributed by atoms with Crippen LogP contribution in [0.1, 0.15) is 34.1 Å². The number of esters is 1. The lowest BCUT2D eigenvalue weighted by Gasteiger charge is -2.23. The zero-order chi connectivity index (χ0) is 17.0. The van der Waals surface area contributed by atoms with E-state index in [1.54, 1.807) is 31.2 Å². The number of hydrogen-bond acceptors (Lipinski definition) is 5. The van der Waals surface area contributed by atoms with Crippen LogP contribution in [0.4, 0.5) is 0 Å². The first-order valence-electron chi connectivity index (χ1n) is 7.29. The molecule has 7 heteroatoms. The van der Waals surface area contributed by atoms with Crippen molar-refractivity contribution in [3.8, 4) is 0 Å². The molecule has 1 aliphatic rings. The molecule has 1 heterocycles. The molecule has 0 saturated heterocycles. The Morgan fingerprint density at radius 2 is 1.70 bits per heavy atom. The van der Waals surface area contributed by atoms with Gasteiger partial charge in [0.25, 0.3) is 11.8 Å². The highest BCUT2D eigenvalue weighted by atomic mass is 16.5. The molecule has 0 aromatic heterocycles. The topological polar surface area (TPSA) is 84.0 Å². The van der Waals surface area contributed by atoms with E-state index < -0.39 is 17.8 Å². The Labute approximate surface area is 133 Å². The van der Waals surface area contributed by atoms with Gasteiger partial charge in [0.15, 0.2) is 0 Å². The van der Waals surface area contributed by atoms with Gasteiger partial charge in [0, 0.05) is 13.1 Å². The van der Waals surface area contributed by atoms with E-state index >= 15 is 0 Å². The molecule has 0 bridgehead atoms. The van der Waals surface area contributed by atoms with Crippen LogP contribution in [0, 0.1) is 0 Å². The van der Waals surface area contributed by atoms with Crippen molar-refractivity contribution in [2.75, 3.05) is 26.7 Å². The summed E-state index contributed by atoms with van der Waals surface area (Å²) < 4.78 is 4.54. The van der Waals surface area contributed by atoms with Gasteiger partial charge in [0.1, 0.15) is 6.54 Å². The third-order valence-electron chi connectivity index (χ3n) is 3.72. The zero-order valence-electron chi connectivity index (χ0n) is 13.1. The fraction of sp³-hybridized carbons (Fsp3) is 0.375. The van der Waals surface area contributed by atoms with Crippen molar-refractivity contribution in [2.45, 2.75) is 13.3 Å². The van der Waals surface area contributed by atoms with Crippen LogP contribution in [-0.4, -0.2) is 60.2 Å². The molecule has 122 valence electrons. The first-order valence-corrected chi connectivity index (χ1v) is 7.29. The second-order valence-electron chi connectivity index (χ2n) is 5.04. The molecule has 1 aromatic carbocycles. The number of ether oxygens (including phenoxy) is 1. The standard InChI is InChI=1S/C16H18N2O5/c1-3-17(9-8-14(20)23-2)13(19)10-18-15(21)11-6-4-5-7-12(11)16(18)22/h4-7H,3,8-10H2,1-2H3. The van der Waals surface area contributed by atoms with E-state index in [9.17, 15) is 19.2 Å². The van der Waals surface area contributed by atoms with Gasteiger partial charge in [-0.05, 0) is 19.1 Å². The Morgan fingerprint density at radius 1 is 1.13 bits per heavy atom. The van der Waals surface area contributed by atoms with Crippen molar-refractivity contribution >= 4 is 23.7 Å². The summed E-state index contributed by atoms with van der Waals surface area (Å²) in [6, 6.07) is 6.47. The third-order valence-corrected chi connectivity index (χ3v) is 3.72. The molecule has 3 amide bonds. The fourth-order valence-electron chi connectivity index (χ4n) is 2.41. The minimum atomic E-state index is -0.469. The van der Waals surface area contributed by atoms with Crippen molar-refractivity contribution in [1.82, 2.24) is 9.80 Å². The molecule has 1 aromatic rings. The number of amides is 3. The summed E-state index contributed by atoms with van der Waals surface area (Å²) in [5.74, 6) is -1.74. The first-order chi connectivity index (χ1) is 11.0. The molecular formula is C16H18N2O5. The third kappa shape index (κ3) is 3.39. The number of nitrogens with zero attached hydrogens (tertiary/aromatic N) is 2. The number of likely N-dealkylation sites (N-methyl/N-ethyl adjacent to an activating group) is 1. The molecule has 0 N–H and O–H groups in total. The minimum absolute atomic E-state index is 0.0677. The maximum absolute atomic E-state index is 12.3. The van der Waals surface area contributed by atoms with Crippen LogP contribution in [0.5, 0.6) is 0 Å². The second-order valence-corrected chi connectivity index (χ2v) is 5.04. The molecule has 0 radical (unpaired) electrons. The molecule has 0 atom stereocenters. The maximum atomic E-state index is 12.3. The summed E-state index contributed by atoms with van der Waals surface area (Å²) in [6.07, 6.45) is 0.0677. The Kier molecular flexibility index (Phi) is 5.10.